The second-order valence-electron chi connectivity index (χ2n) is 3.61. The molecule has 0 aliphatic carbocycles. The standard InChI is InChI=1S/C13H19NO3/c1-3-14-9-8-13(15)17-10-11-4-6-12(16-2)7-5-11/h4-7,14H,3,8-10H2,1-2H3. The van der Waals surface area contributed by atoms with Crippen LogP contribution in [0, 0.1) is 0 Å². The summed E-state index contributed by atoms with van der Waals surface area (Å²) >= 11 is 0. The van der Waals surface area contributed by atoms with Gasteiger partial charge < -0.3 is 14.8 Å². The summed E-state index contributed by atoms with van der Waals surface area (Å²) in [4.78, 5) is 11.3. The average Bonchev–Trinajstić information content (AvgIpc) is 2.37. The van der Waals surface area contributed by atoms with Crippen molar-refractivity contribution >= 4 is 5.97 Å². The van der Waals surface area contributed by atoms with Crippen LogP contribution in [0.2, 0.25) is 0 Å². The zero-order valence-electron chi connectivity index (χ0n) is 10.4. The molecular weight excluding hydrogens is 218 g/mol. The molecule has 0 heterocycles. The van der Waals surface area contributed by atoms with Gasteiger partial charge in [-0.25, -0.2) is 0 Å². The number of hydrogen-bond acceptors (Lipinski definition) is 4. The molecule has 1 aromatic rings. The molecule has 1 rings (SSSR count). The highest BCUT2D eigenvalue weighted by atomic mass is 16.5. The molecule has 0 bridgehead atoms. The van der Waals surface area contributed by atoms with Crippen LogP contribution in [0.1, 0.15) is 18.9 Å². The van der Waals surface area contributed by atoms with Crippen molar-refractivity contribution in [2.75, 3.05) is 20.2 Å². The molecule has 94 valence electrons. The van der Waals surface area contributed by atoms with Crippen molar-refractivity contribution in [2.45, 2.75) is 20.0 Å². The number of carbonyl (C=O) groups excluding carboxylic acids is 1. The van der Waals surface area contributed by atoms with E-state index in [0.29, 0.717) is 19.6 Å². The molecule has 0 aliphatic heterocycles. The molecular formula is C13H19NO3. The summed E-state index contributed by atoms with van der Waals surface area (Å²) in [5.74, 6) is 0.619. The van der Waals surface area contributed by atoms with E-state index in [-0.39, 0.29) is 5.97 Å². The van der Waals surface area contributed by atoms with Gasteiger partial charge in [0.25, 0.3) is 0 Å². The number of carbonyl (C=O) groups is 1. The monoisotopic (exact) mass is 237 g/mol. The van der Waals surface area contributed by atoms with Gasteiger partial charge in [0, 0.05) is 6.54 Å². The van der Waals surface area contributed by atoms with Crippen molar-refractivity contribution in [3.8, 4) is 5.75 Å². The highest BCUT2D eigenvalue weighted by Crippen LogP contribution is 2.11. The topological polar surface area (TPSA) is 47.6 Å². The van der Waals surface area contributed by atoms with Crippen molar-refractivity contribution < 1.29 is 14.3 Å². The minimum atomic E-state index is -0.179. The molecule has 1 aromatic carbocycles. The molecule has 0 spiro atoms. The quantitative estimate of drug-likeness (QED) is 0.579. The van der Waals surface area contributed by atoms with Crippen molar-refractivity contribution in [2.24, 2.45) is 0 Å². The maximum Gasteiger partial charge on any atom is 0.307 e. The summed E-state index contributed by atoms with van der Waals surface area (Å²) in [5, 5.41) is 3.08. The fourth-order valence-corrected chi connectivity index (χ4v) is 1.32. The van der Waals surface area contributed by atoms with E-state index in [0.717, 1.165) is 17.9 Å². The highest BCUT2D eigenvalue weighted by Gasteiger charge is 2.02. The second-order valence-corrected chi connectivity index (χ2v) is 3.61. The summed E-state index contributed by atoms with van der Waals surface area (Å²) in [7, 11) is 1.62. The third-order valence-corrected chi connectivity index (χ3v) is 2.31. The van der Waals surface area contributed by atoms with Gasteiger partial charge in [0.2, 0.25) is 0 Å². The lowest BCUT2D eigenvalue weighted by Gasteiger charge is -2.06. The molecule has 4 heteroatoms. The number of hydrogen-bond donors (Lipinski definition) is 1. The van der Waals surface area contributed by atoms with Gasteiger partial charge in [-0.1, -0.05) is 19.1 Å². The molecule has 0 atom stereocenters. The summed E-state index contributed by atoms with van der Waals surface area (Å²) < 4.78 is 10.2. The van der Waals surface area contributed by atoms with Crippen molar-refractivity contribution in [3.05, 3.63) is 29.8 Å². The molecule has 0 amide bonds. The van der Waals surface area contributed by atoms with Gasteiger partial charge in [0.15, 0.2) is 0 Å². The third-order valence-electron chi connectivity index (χ3n) is 2.31. The van der Waals surface area contributed by atoms with E-state index in [1.807, 2.05) is 31.2 Å². The van der Waals surface area contributed by atoms with Crippen LogP contribution < -0.4 is 10.1 Å². The Balaban J connectivity index is 2.27. The predicted octanol–water partition coefficient (Wildman–Crippen LogP) is 1.74. The van der Waals surface area contributed by atoms with Crippen LogP contribution >= 0.6 is 0 Å². The Kier molecular flexibility index (Phi) is 6.10. The Bertz CT molecular complexity index is 335. The largest absolute Gasteiger partial charge is 0.497 e. The Hall–Kier alpha value is -1.55. The Morgan fingerprint density at radius 1 is 1.29 bits per heavy atom. The number of ether oxygens (including phenoxy) is 2. The van der Waals surface area contributed by atoms with Gasteiger partial charge in [-0.15, -0.1) is 0 Å². The van der Waals surface area contributed by atoms with E-state index >= 15 is 0 Å². The lowest BCUT2D eigenvalue weighted by molar-refractivity contribution is -0.144. The molecule has 17 heavy (non-hydrogen) atoms. The van der Waals surface area contributed by atoms with Crippen LogP contribution in [0.15, 0.2) is 24.3 Å². The Morgan fingerprint density at radius 2 is 2.00 bits per heavy atom. The lowest BCUT2D eigenvalue weighted by atomic mass is 10.2. The smallest absolute Gasteiger partial charge is 0.307 e. The summed E-state index contributed by atoms with van der Waals surface area (Å²) in [6.07, 6.45) is 0.407. The normalized spacial score (nSPS) is 10.0. The molecule has 0 aromatic heterocycles. The second kappa shape index (κ2) is 7.68. The zero-order chi connectivity index (χ0) is 12.5. The Labute approximate surface area is 102 Å². The number of methoxy groups -OCH3 is 1. The van der Waals surface area contributed by atoms with Crippen LogP contribution in [-0.2, 0) is 16.1 Å². The molecule has 0 aliphatic rings. The van der Waals surface area contributed by atoms with E-state index in [4.69, 9.17) is 9.47 Å². The van der Waals surface area contributed by atoms with Crippen LogP contribution in [0.4, 0.5) is 0 Å². The maximum atomic E-state index is 11.3. The predicted molar refractivity (Wildman–Crippen MR) is 66.0 cm³/mol. The van der Waals surface area contributed by atoms with Gasteiger partial charge in [0.05, 0.1) is 13.5 Å². The fourth-order valence-electron chi connectivity index (χ4n) is 1.32. The molecule has 0 radical (unpaired) electrons. The molecule has 4 nitrogen and oxygen atoms in total. The third kappa shape index (κ3) is 5.36. The van der Waals surface area contributed by atoms with Crippen molar-refractivity contribution in [1.29, 1.82) is 0 Å². The van der Waals surface area contributed by atoms with Gasteiger partial charge in [0.1, 0.15) is 12.4 Å². The van der Waals surface area contributed by atoms with Gasteiger partial charge in [-0.2, -0.15) is 0 Å². The first-order chi connectivity index (χ1) is 8.26. The number of rotatable bonds is 7. The fraction of sp³-hybridized carbons (Fsp3) is 0.462. The molecule has 0 saturated carbocycles. The molecule has 0 fully saturated rings. The number of benzene rings is 1. The summed E-state index contributed by atoms with van der Waals surface area (Å²) in [5.41, 5.74) is 0.961. The maximum absolute atomic E-state index is 11.3. The van der Waals surface area contributed by atoms with E-state index < -0.39 is 0 Å². The molecule has 0 saturated heterocycles. The highest BCUT2D eigenvalue weighted by molar-refractivity contribution is 5.69. The summed E-state index contributed by atoms with van der Waals surface area (Å²) in [6.45, 7) is 3.85. The van der Waals surface area contributed by atoms with Crippen LogP contribution in [0.5, 0.6) is 5.75 Å². The SMILES string of the molecule is CCNCCC(=O)OCc1ccc(OC)cc1. The van der Waals surface area contributed by atoms with E-state index in [1.165, 1.54) is 0 Å². The van der Waals surface area contributed by atoms with E-state index in [9.17, 15) is 4.79 Å². The summed E-state index contributed by atoms with van der Waals surface area (Å²) in [6, 6.07) is 7.47. The minimum Gasteiger partial charge on any atom is -0.497 e. The van der Waals surface area contributed by atoms with Crippen molar-refractivity contribution in [3.63, 3.8) is 0 Å². The van der Waals surface area contributed by atoms with Crippen LogP contribution in [0.25, 0.3) is 0 Å². The zero-order valence-corrected chi connectivity index (χ0v) is 10.4. The van der Waals surface area contributed by atoms with E-state index in [2.05, 4.69) is 5.32 Å². The van der Waals surface area contributed by atoms with Gasteiger partial charge in [-0.05, 0) is 24.2 Å². The van der Waals surface area contributed by atoms with Crippen LogP contribution in [0.3, 0.4) is 0 Å². The van der Waals surface area contributed by atoms with Crippen molar-refractivity contribution in [1.82, 2.24) is 5.32 Å². The minimum absolute atomic E-state index is 0.179. The number of nitrogens with one attached hydrogen (secondary N) is 1. The van der Waals surface area contributed by atoms with Crippen LogP contribution in [-0.4, -0.2) is 26.2 Å². The van der Waals surface area contributed by atoms with E-state index in [1.54, 1.807) is 7.11 Å². The average molecular weight is 237 g/mol. The molecule has 0 unspecified atom stereocenters. The lowest BCUT2D eigenvalue weighted by Crippen LogP contribution is -2.18. The molecule has 1 N–H and O–H groups in total. The first-order valence-corrected chi connectivity index (χ1v) is 5.75. The first-order valence-electron chi connectivity index (χ1n) is 5.75. The van der Waals surface area contributed by atoms with Gasteiger partial charge >= 0.3 is 5.97 Å². The number of esters is 1. The van der Waals surface area contributed by atoms with Gasteiger partial charge in [-0.3, -0.25) is 4.79 Å². The Morgan fingerprint density at radius 3 is 2.59 bits per heavy atom. The first kappa shape index (κ1) is 13.5.